The fraction of sp³-hybridized carbons (Fsp3) is 0.824. The average molecular weight is 546 g/mol. The van der Waals surface area contributed by atoms with Gasteiger partial charge < -0.3 is 5.11 Å². The van der Waals surface area contributed by atoms with E-state index in [9.17, 15) is 14.4 Å². The van der Waals surface area contributed by atoms with E-state index in [-0.39, 0.29) is 24.3 Å². The Morgan fingerprint density at radius 1 is 1.08 bits per heavy atom. The molecule has 0 aliphatic carbocycles. The van der Waals surface area contributed by atoms with Gasteiger partial charge >= 0.3 is 126 Å². The number of carboxylic acid groups (broad SMARTS) is 1. The molecule has 1 heterocycles. The summed E-state index contributed by atoms with van der Waals surface area (Å²) in [6.45, 7) is 2.16. The fourth-order valence-corrected chi connectivity index (χ4v) is 3.91. The predicted molar refractivity (Wildman–Crippen MR) is 94.0 cm³/mol. The Balaban J connectivity index is 2.00. The molecular weight excluding hydrogens is 517 g/mol. The molecule has 7 nitrogen and oxygen atoms in total. The SMILES string of the molecule is O=C(O)CCCCC(=O)NCCCCCC(=O)N1CCCC1C[O][Tl]. The number of nitrogens with zero attached hydrogens (tertiary/aromatic N) is 1. The predicted octanol–water partition coefficient (Wildman–Crippen LogP) is 1.40. The monoisotopic (exact) mass is 546 g/mol. The van der Waals surface area contributed by atoms with Gasteiger partial charge in [-0.25, -0.2) is 0 Å². The van der Waals surface area contributed by atoms with Gasteiger partial charge in [0.05, 0.1) is 0 Å². The van der Waals surface area contributed by atoms with Crippen LogP contribution in [0, 0.1) is 0 Å². The van der Waals surface area contributed by atoms with Crippen LogP contribution in [0.4, 0.5) is 0 Å². The van der Waals surface area contributed by atoms with Gasteiger partial charge in [0.25, 0.3) is 0 Å². The van der Waals surface area contributed by atoms with E-state index in [0.29, 0.717) is 65.1 Å². The number of carbonyl (C=O) groups excluding carboxylic acids is 2. The van der Waals surface area contributed by atoms with Crippen LogP contribution in [0.25, 0.3) is 0 Å². The summed E-state index contributed by atoms with van der Waals surface area (Å²) in [6.07, 6.45) is 6.96. The molecular formula is C17H29N2O5Tl. The molecule has 140 valence electrons. The van der Waals surface area contributed by atoms with Gasteiger partial charge in [0, 0.05) is 12.8 Å². The van der Waals surface area contributed by atoms with Crippen molar-refractivity contribution in [3.05, 3.63) is 0 Å². The zero-order valence-corrected chi connectivity index (χ0v) is 19.4. The van der Waals surface area contributed by atoms with Crippen LogP contribution in [0.5, 0.6) is 0 Å². The molecule has 1 fully saturated rings. The molecule has 0 aromatic carbocycles. The number of hydrogen-bond acceptors (Lipinski definition) is 4. The van der Waals surface area contributed by atoms with E-state index in [1.165, 1.54) is 0 Å². The van der Waals surface area contributed by atoms with Crippen molar-refractivity contribution in [3.8, 4) is 0 Å². The van der Waals surface area contributed by atoms with Crippen molar-refractivity contribution in [1.82, 2.24) is 10.2 Å². The molecule has 0 radical (unpaired) electrons. The van der Waals surface area contributed by atoms with Crippen LogP contribution in [-0.2, 0) is 17.1 Å². The summed E-state index contributed by atoms with van der Waals surface area (Å²) in [4.78, 5) is 36.2. The fourth-order valence-electron chi connectivity index (χ4n) is 3.05. The number of carbonyl (C=O) groups is 3. The average Bonchev–Trinajstić information content (AvgIpc) is 3.03. The number of unbranched alkanes of at least 4 members (excludes halogenated alkanes) is 3. The van der Waals surface area contributed by atoms with Crippen LogP contribution < -0.4 is 5.32 Å². The normalized spacial score (nSPS) is 16.8. The summed E-state index contributed by atoms with van der Waals surface area (Å²) in [5.74, 6) is -0.614. The Hall–Kier alpha value is -0.708. The molecule has 0 aromatic heterocycles. The van der Waals surface area contributed by atoms with E-state index in [1.807, 2.05) is 4.90 Å². The van der Waals surface area contributed by atoms with Gasteiger partial charge in [0.1, 0.15) is 0 Å². The minimum absolute atomic E-state index is 0.0230. The van der Waals surface area contributed by atoms with Crippen LogP contribution in [0.1, 0.15) is 64.2 Å². The third kappa shape index (κ3) is 10.1. The van der Waals surface area contributed by atoms with Crippen molar-refractivity contribution >= 4 is 44.0 Å². The van der Waals surface area contributed by atoms with Crippen molar-refractivity contribution in [1.29, 1.82) is 0 Å². The minimum atomic E-state index is -0.820. The topological polar surface area (TPSA) is 95.9 Å². The first-order chi connectivity index (χ1) is 12.0. The van der Waals surface area contributed by atoms with Gasteiger partial charge in [-0.15, -0.1) is 0 Å². The maximum absolute atomic E-state index is 12.2. The van der Waals surface area contributed by atoms with Crippen LogP contribution in [0.3, 0.4) is 0 Å². The Morgan fingerprint density at radius 3 is 2.52 bits per heavy atom. The molecule has 25 heavy (non-hydrogen) atoms. The third-order valence-corrected chi connectivity index (χ3v) is 5.17. The number of likely N-dealkylation sites (tertiary alicyclic amines) is 1. The summed E-state index contributed by atoms with van der Waals surface area (Å²) in [5.41, 5.74) is 0. The Morgan fingerprint density at radius 2 is 1.80 bits per heavy atom. The summed E-state index contributed by atoms with van der Waals surface area (Å²) >= 11 is 0.523. The molecule has 0 aromatic rings. The van der Waals surface area contributed by atoms with Gasteiger partial charge in [0.15, 0.2) is 0 Å². The first kappa shape index (κ1) is 22.3. The Kier molecular flexibility index (Phi) is 12.1. The van der Waals surface area contributed by atoms with E-state index < -0.39 is 5.97 Å². The molecule has 0 bridgehead atoms. The number of rotatable bonds is 13. The summed E-state index contributed by atoms with van der Waals surface area (Å²) in [5, 5.41) is 11.4. The quantitative estimate of drug-likeness (QED) is 0.270. The molecule has 2 N–H and O–H groups in total. The van der Waals surface area contributed by atoms with E-state index in [4.69, 9.17) is 7.79 Å². The molecule has 1 saturated heterocycles. The first-order valence-corrected chi connectivity index (χ1v) is 11.0. The van der Waals surface area contributed by atoms with E-state index in [0.717, 1.165) is 38.6 Å². The number of carboxylic acids is 1. The van der Waals surface area contributed by atoms with Crippen molar-refractivity contribution in [2.45, 2.75) is 70.3 Å². The number of aliphatic carboxylic acids is 1. The van der Waals surface area contributed by atoms with Crippen molar-refractivity contribution in [2.24, 2.45) is 0 Å². The number of hydrogen-bond donors (Lipinski definition) is 2. The second-order valence-electron chi connectivity index (χ2n) is 6.48. The van der Waals surface area contributed by atoms with E-state index >= 15 is 0 Å². The van der Waals surface area contributed by atoms with Crippen LogP contribution in [0.15, 0.2) is 0 Å². The molecule has 1 aliphatic heterocycles. The summed E-state index contributed by atoms with van der Waals surface area (Å²) in [6, 6.07) is 0.276. The molecule has 0 saturated carbocycles. The standard InChI is InChI=1S/C17H29N2O5.Tl/c20-13-14-7-6-12-19(14)16(22)9-2-1-5-11-18-15(21)8-3-4-10-17(23)24;/h14H,1-13H2,(H,18,21)(H,23,24);/q-1;+1. The zero-order chi connectivity index (χ0) is 18.5. The molecule has 1 unspecified atom stereocenters. The number of amides is 2. The first-order valence-electron chi connectivity index (χ1n) is 9.14. The molecule has 2 amide bonds. The van der Waals surface area contributed by atoms with Crippen molar-refractivity contribution < 1.29 is 22.2 Å². The zero-order valence-electron chi connectivity index (χ0n) is 14.9. The van der Waals surface area contributed by atoms with Crippen LogP contribution >= 0.6 is 0 Å². The molecule has 1 rings (SSSR count). The van der Waals surface area contributed by atoms with E-state index in [2.05, 4.69) is 5.32 Å². The second-order valence-corrected chi connectivity index (χ2v) is 7.77. The number of nitrogens with one attached hydrogen (secondary N) is 1. The molecule has 8 heteroatoms. The Labute approximate surface area is 166 Å². The third-order valence-electron chi connectivity index (χ3n) is 4.42. The summed E-state index contributed by atoms with van der Waals surface area (Å²) in [7, 11) is 0. The van der Waals surface area contributed by atoms with E-state index in [1.54, 1.807) is 0 Å². The van der Waals surface area contributed by atoms with Crippen LogP contribution in [-0.4, -0.2) is 79.7 Å². The van der Waals surface area contributed by atoms with Gasteiger partial charge in [-0.2, -0.15) is 0 Å². The summed E-state index contributed by atoms with van der Waals surface area (Å²) < 4.78 is 5.34. The molecule has 1 aliphatic rings. The van der Waals surface area contributed by atoms with Gasteiger partial charge in [-0.1, -0.05) is 0 Å². The maximum atomic E-state index is 12.2. The molecule has 1 atom stereocenters. The van der Waals surface area contributed by atoms with Gasteiger partial charge in [0.2, 0.25) is 0 Å². The van der Waals surface area contributed by atoms with Crippen molar-refractivity contribution in [2.75, 3.05) is 19.7 Å². The van der Waals surface area contributed by atoms with Crippen LogP contribution in [0.2, 0.25) is 0 Å². The van der Waals surface area contributed by atoms with Gasteiger partial charge in [-0.3, -0.25) is 9.59 Å². The van der Waals surface area contributed by atoms with Gasteiger partial charge in [-0.05, 0) is 12.8 Å². The Bertz CT molecular complexity index is 433. The molecule has 0 spiro atoms. The second kappa shape index (κ2) is 13.5. The van der Waals surface area contributed by atoms with Crippen molar-refractivity contribution in [3.63, 3.8) is 0 Å².